The van der Waals surface area contributed by atoms with Gasteiger partial charge in [-0.1, -0.05) is 41.9 Å². The Kier molecular flexibility index (Phi) is 8.09. The number of carboxylic acid groups (broad SMARTS) is 1. The van der Waals surface area contributed by atoms with Crippen molar-refractivity contribution in [3.05, 3.63) is 99.8 Å². The Balaban J connectivity index is 1.65. The number of benzene rings is 2. The first-order valence-electron chi connectivity index (χ1n) is 9.58. The van der Waals surface area contributed by atoms with Gasteiger partial charge >= 0.3 is 5.97 Å². The molecule has 2 aromatic carbocycles. The molecule has 0 saturated carbocycles. The normalized spacial score (nSPS) is 11.4. The zero-order valence-corrected chi connectivity index (χ0v) is 18.4. The summed E-state index contributed by atoms with van der Waals surface area (Å²) < 4.78 is 18.4. The second-order valence-corrected chi connectivity index (χ2v) is 8.16. The fourth-order valence-electron chi connectivity index (χ4n) is 2.83. The molecule has 7 heteroatoms. The number of hydrogen-bond acceptors (Lipinski definition) is 4. The summed E-state index contributed by atoms with van der Waals surface area (Å²) in [5.74, 6) is -1.08. The Morgan fingerprint density at radius 3 is 2.61 bits per heavy atom. The highest BCUT2D eigenvalue weighted by Gasteiger charge is 2.11. The molecular weight excluding hydrogens is 437 g/mol. The molecule has 0 bridgehead atoms. The minimum atomic E-state index is -1.17. The quantitative estimate of drug-likeness (QED) is 0.237. The van der Waals surface area contributed by atoms with Crippen molar-refractivity contribution in [2.24, 2.45) is 0 Å². The first-order chi connectivity index (χ1) is 14.9. The van der Waals surface area contributed by atoms with Crippen LogP contribution >= 0.6 is 23.4 Å². The molecule has 0 fully saturated rings. The number of rotatable bonds is 9. The van der Waals surface area contributed by atoms with Gasteiger partial charge in [-0.05, 0) is 48.4 Å². The summed E-state index contributed by atoms with van der Waals surface area (Å²) in [4.78, 5) is 17.1. The lowest BCUT2D eigenvalue weighted by atomic mass is 10.2. The number of pyridine rings is 1. The van der Waals surface area contributed by atoms with E-state index in [-0.39, 0.29) is 18.2 Å². The molecule has 1 heterocycles. The van der Waals surface area contributed by atoms with Crippen molar-refractivity contribution >= 4 is 35.4 Å². The van der Waals surface area contributed by atoms with Crippen molar-refractivity contribution in [2.45, 2.75) is 24.0 Å². The lowest BCUT2D eigenvalue weighted by Gasteiger charge is -2.09. The van der Waals surface area contributed by atoms with Crippen LogP contribution in [-0.4, -0.2) is 22.7 Å². The highest BCUT2D eigenvalue weighted by atomic mass is 35.5. The molecule has 1 aromatic heterocycles. The Hall–Kier alpha value is -2.83. The number of carbonyl (C=O) groups is 1. The van der Waals surface area contributed by atoms with Crippen LogP contribution in [0, 0.1) is 12.7 Å². The maximum absolute atomic E-state index is 13.0. The van der Waals surface area contributed by atoms with E-state index in [1.807, 2.05) is 37.3 Å². The molecule has 0 atom stereocenters. The Morgan fingerprint density at radius 1 is 1.16 bits per heavy atom. The van der Waals surface area contributed by atoms with Crippen molar-refractivity contribution in [3.63, 3.8) is 0 Å². The van der Waals surface area contributed by atoms with Gasteiger partial charge in [-0.2, -0.15) is 0 Å². The highest BCUT2D eigenvalue weighted by Crippen LogP contribution is 2.32. The number of aromatic nitrogens is 1. The van der Waals surface area contributed by atoms with E-state index < -0.39 is 5.97 Å². The number of halogens is 2. The van der Waals surface area contributed by atoms with E-state index in [1.54, 1.807) is 30.0 Å². The van der Waals surface area contributed by atoms with Crippen LogP contribution in [0.15, 0.2) is 71.3 Å². The van der Waals surface area contributed by atoms with Gasteiger partial charge < -0.3 is 9.84 Å². The number of aryl methyl sites for hydroxylation is 1. The molecule has 0 aliphatic rings. The monoisotopic (exact) mass is 457 g/mol. The van der Waals surface area contributed by atoms with Crippen molar-refractivity contribution in [1.82, 2.24) is 4.98 Å². The van der Waals surface area contributed by atoms with Crippen molar-refractivity contribution in [2.75, 3.05) is 6.61 Å². The molecule has 0 spiro atoms. The van der Waals surface area contributed by atoms with Crippen LogP contribution in [0.2, 0.25) is 5.02 Å². The fraction of sp³-hybridized carbons (Fsp3) is 0.167. The zero-order chi connectivity index (χ0) is 22.2. The van der Waals surface area contributed by atoms with Gasteiger partial charge in [0, 0.05) is 23.1 Å². The molecule has 3 rings (SSSR count). The third-order valence-corrected chi connectivity index (χ3v) is 6.11. The van der Waals surface area contributed by atoms with Crippen molar-refractivity contribution < 1.29 is 19.0 Å². The summed E-state index contributed by atoms with van der Waals surface area (Å²) in [6.45, 7) is 2.16. The topological polar surface area (TPSA) is 59.4 Å². The lowest BCUT2D eigenvalue weighted by molar-refractivity contribution is -0.136. The molecule has 0 radical (unpaired) electrons. The number of ether oxygens (including phenoxy) is 1. The van der Waals surface area contributed by atoms with Crippen molar-refractivity contribution in [1.29, 1.82) is 0 Å². The third-order valence-electron chi connectivity index (χ3n) is 4.41. The van der Waals surface area contributed by atoms with Gasteiger partial charge in [0.1, 0.15) is 5.82 Å². The maximum atomic E-state index is 13.0. The maximum Gasteiger partial charge on any atom is 0.371 e. The summed E-state index contributed by atoms with van der Waals surface area (Å²) in [7, 11) is 0. The van der Waals surface area contributed by atoms with E-state index in [0.717, 1.165) is 21.7 Å². The van der Waals surface area contributed by atoms with Crippen LogP contribution in [-0.2, 0) is 21.7 Å². The van der Waals surface area contributed by atoms with Gasteiger partial charge in [-0.15, -0.1) is 11.8 Å². The molecule has 0 amide bonds. The van der Waals surface area contributed by atoms with Crippen LogP contribution in [0.4, 0.5) is 4.39 Å². The number of nitrogens with zero attached hydrogens (tertiary/aromatic N) is 1. The number of hydrogen-bond donors (Lipinski definition) is 1. The minimum Gasteiger partial charge on any atom is -0.486 e. The second-order valence-electron chi connectivity index (χ2n) is 6.77. The largest absolute Gasteiger partial charge is 0.486 e. The Bertz CT molecular complexity index is 1070. The average molecular weight is 458 g/mol. The van der Waals surface area contributed by atoms with E-state index in [0.29, 0.717) is 22.9 Å². The van der Waals surface area contributed by atoms with E-state index in [4.69, 9.17) is 16.3 Å². The minimum absolute atomic E-state index is 0.158. The lowest BCUT2D eigenvalue weighted by Crippen LogP contribution is -2.08. The first kappa shape index (κ1) is 22.8. The Labute approximate surface area is 189 Å². The average Bonchev–Trinajstić information content (AvgIpc) is 2.74. The number of carboxylic acids is 1. The highest BCUT2D eigenvalue weighted by molar-refractivity contribution is 7.98. The second kappa shape index (κ2) is 11.0. The zero-order valence-electron chi connectivity index (χ0n) is 16.8. The molecule has 0 unspecified atom stereocenters. The fourth-order valence-corrected chi connectivity index (χ4v) is 4.17. The molecule has 0 saturated heterocycles. The number of aliphatic carboxylic acids is 1. The molecule has 4 nitrogen and oxygen atoms in total. The molecule has 3 aromatic rings. The van der Waals surface area contributed by atoms with Crippen LogP contribution in [0.3, 0.4) is 0 Å². The standard InChI is InChI=1S/C24H21ClFNO3S/c1-16-4-2-7-21(25)23(16)31-15-20-6-3-5-19(27-20)14-22(24(28)29)30-13-12-17-8-10-18(26)11-9-17/h2-11,14H,12-13,15H2,1H3,(H,28,29)/b22-14+. The van der Waals surface area contributed by atoms with Crippen LogP contribution < -0.4 is 0 Å². The Morgan fingerprint density at radius 2 is 1.90 bits per heavy atom. The van der Waals surface area contributed by atoms with Gasteiger partial charge in [-0.3, -0.25) is 4.98 Å². The smallest absolute Gasteiger partial charge is 0.371 e. The SMILES string of the molecule is Cc1cccc(Cl)c1SCc1cccc(/C=C(/OCCc2ccc(F)cc2)C(=O)O)n1. The predicted octanol–water partition coefficient (Wildman–Crippen LogP) is 6.16. The third kappa shape index (κ3) is 6.84. The van der Waals surface area contributed by atoms with Gasteiger partial charge in [0.05, 0.1) is 23.0 Å². The van der Waals surface area contributed by atoms with Crippen molar-refractivity contribution in [3.8, 4) is 0 Å². The molecule has 1 N–H and O–H groups in total. The molecule has 31 heavy (non-hydrogen) atoms. The van der Waals surface area contributed by atoms with Gasteiger partial charge in [0.25, 0.3) is 0 Å². The predicted molar refractivity (Wildman–Crippen MR) is 122 cm³/mol. The number of thioether (sulfide) groups is 1. The summed E-state index contributed by atoms with van der Waals surface area (Å²) in [5, 5.41) is 10.2. The molecule has 0 aliphatic heterocycles. The van der Waals surface area contributed by atoms with Gasteiger partial charge in [-0.25, -0.2) is 9.18 Å². The van der Waals surface area contributed by atoms with Crippen LogP contribution in [0.5, 0.6) is 0 Å². The van der Waals surface area contributed by atoms with Crippen LogP contribution in [0.1, 0.15) is 22.5 Å². The molecule has 0 aliphatic carbocycles. The first-order valence-corrected chi connectivity index (χ1v) is 10.9. The summed E-state index contributed by atoms with van der Waals surface area (Å²) in [6, 6.07) is 17.2. The van der Waals surface area contributed by atoms with E-state index in [2.05, 4.69) is 4.98 Å². The molecule has 160 valence electrons. The van der Waals surface area contributed by atoms with Gasteiger partial charge in [0.2, 0.25) is 5.76 Å². The van der Waals surface area contributed by atoms with Crippen LogP contribution in [0.25, 0.3) is 6.08 Å². The van der Waals surface area contributed by atoms with E-state index >= 15 is 0 Å². The molecular formula is C24H21ClFNO3S. The van der Waals surface area contributed by atoms with E-state index in [9.17, 15) is 14.3 Å². The summed E-state index contributed by atoms with van der Waals surface area (Å²) in [5.41, 5.74) is 3.25. The summed E-state index contributed by atoms with van der Waals surface area (Å²) in [6.07, 6.45) is 1.87. The summed E-state index contributed by atoms with van der Waals surface area (Å²) >= 11 is 7.86. The van der Waals surface area contributed by atoms with E-state index in [1.165, 1.54) is 18.2 Å². The van der Waals surface area contributed by atoms with Gasteiger partial charge in [0.15, 0.2) is 0 Å².